The van der Waals surface area contributed by atoms with Crippen LogP contribution in [-0.4, -0.2) is 25.7 Å². The van der Waals surface area contributed by atoms with E-state index in [0.29, 0.717) is 13.2 Å². The Morgan fingerprint density at radius 1 is 1.25 bits per heavy atom. The van der Waals surface area contributed by atoms with Crippen LogP contribution in [0.5, 0.6) is 5.75 Å². The van der Waals surface area contributed by atoms with Crippen molar-refractivity contribution in [1.82, 2.24) is 0 Å². The molecule has 3 N–H and O–H groups in total. The van der Waals surface area contributed by atoms with Crippen LogP contribution in [0.4, 0.5) is 13.2 Å². The van der Waals surface area contributed by atoms with Crippen molar-refractivity contribution in [1.29, 1.82) is 5.41 Å². The fourth-order valence-corrected chi connectivity index (χ4v) is 1.55. The zero-order chi connectivity index (χ0) is 15.2. The van der Waals surface area contributed by atoms with E-state index in [0.717, 1.165) is 18.6 Å². The lowest BCUT2D eigenvalue weighted by Crippen LogP contribution is -2.19. The molecule has 0 aromatic heterocycles. The number of hydrogen-bond acceptors (Lipinski definition) is 3. The van der Waals surface area contributed by atoms with Crippen LogP contribution in [0, 0.1) is 5.41 Å². The number of nitrogens with two attached hydrogens (primary N) is 1. The van der Waals surface area contributed by atoms with Gasteiger partial charge in [-0.05, 0) is 24.6 Å². The molecule has 112 valence electrons. The maximum absolute atomic E-state index is 12.8. The monoisotopic (exact) mass is 290 g/mol. The minimum atomic E-state index is -4.58. The Hall–Kier alpha value is -1.76. The summed E-state index contributed by atoms with van der Waals surface area (Å²) in [5.41, 5.74) is 3.81. The van der Waals surface area contributed by atoms with Crippen LogP contribution in [0.3, 0.4) is 0 Å². The van der Waals surface area contributed by atoms with E-state index in [1.807, 2.05) is 6.92 Å². The van der Waals surface area contributed by atoms with E-state index >= 15 is 0 Å². The van der Waals surface area contributed by atoms with Gasteiger partial charge in [0.25, 0.3) is 0 Å². The smallest absolute Gasteiger partial charge is 0.417 e. The molecule has 0 aliphatic heterocycles. The molecule has 0 saturated carbocycles. The lowest BCUT2D eigenvalue weighted by molar-refractivity contribution is -0.137. The first-order valence-corrected chi connectivity index (χ1v) is 6.12. The first kappa shape index (κ1) is 16.3. The van der Waals surface area contributed by atoms with Gasteiger partial charge >= 0.3 is 6.18 Å². The first-order valence-electron chi connectivity index (χ1n) is 6.12. The Kier molecular flexibility index (Phi) is 5.82. The fourth-order valence-electron chi connectivity index (χ4n) is 1.55. The van der Waals surface area contributed by atoms with Crippen LogP contribution < -0.4 is 10.5 Å². The van der Waals surface area contributed by atoms with E-state index in [4.69, 9.17) is 20.6 Å². The van der Waals surface area contributed by atoms with Crippen LogP contribution in [0.25, 0.3) is 0 Å². The molecule has 0 bridgehead atoms. The number of hydrogen-bond donors (Lipinski definition) is 2. The molecular formula is C13H17F3N2O2. The van der Waals surface area contributed by atoms with Gasteiger partial charge in [-0.2, -0.15) is 13.2 Å². The van der Waals surface area contributed by atoms with Gasteiger partial charge in [0.2, 0.25) is 0 Å². The molecule has 1 aromatic rings. The predicted molar refractivity (Wildman–Crippen MR) is 69.1 cm³/mol. The average molecular weight is 290 g/mol. The van der Waals surface area contributed by atoms with Crippen molar-refractivity contribution in [2.24, 2.45) is 5.73 Å². The highest BCUT2D eigenvalue weighted by Crippen LogP contribution is 2.34. The zero-order valence-corrected chi connectivity index (χ0v) is 11.1. The molecule has 0 spiro atoms. The van der Waals surface area contributed by atoms with Crippen molar-refractivity contribution in [2.75, 3.05) is 19.8 Å². The van der Waals surface area contributed by atoms with Gasteiger partial charge in [0, 0.05) is 12.2 Å². The summed E-state index contributed by atoms with van der Waals surface area (Å²) < 4.78 is 48.9. The number of nitrogen functional groups attached to an aromatic ring is 1. The average Bonchev–Trinajstić information content (AvgIpc) is 2.37. The van der Waals surface area contributed by atoms with Crippen LogP contribution in [-0.2, 0) is 10.9 Å². The number of ether oxygens (including phenoxy) is 2. The Morgan fingerprint density at radius 3 is 2.50 bits per heavy atom. The summed E-state index contributed by atoms with van der Waals surface area (Å²) in [5.74, 6) is -0.558. The zero-order valence-electron chi connectivity index (χ0n) is 11.1. The van der Waals surface area contributed by atoms with Crippen molar-refractivity contribution in [3.05, 3.63) is 29.3 Å². The van der Waals surface area contributed by atoms with Gasteiger partial charge in [-0.3, -0.25) is 5.41 Å². The molecule has 0 atom stereocenters. The lowest BCUT2D eigenvalue weighted by Gasteiger charge is -2.14. The molecule has 0 aliphatic carbocycles. The van der Waals surface area contributed by atoms with E-state index < -0.39 is 17.6 Å². The van der Waals surface area contributed by atoms with E-state index in [1.54, 1.807) is 0 Å². The Bertz CT molecular complexity index is 461. The third-order valence-electron chi connectivity index (χ3n) is 2.43. The molecule has 0 unspecified atom stereocenters. The van der Waals surface area contributed by atoms with Gasteiger partial charge in [-0.1, -0.05) is 6.92 Å². The maximum Gasteiger partial charge on any atom is 0.417 e. The maximum atomic E-state index is 12.8. The van der Waals surface area contributed by atoms with Gasteiger partial charge in [0.05, 0.1) is 12.2 Å². The number of rotatable bonds is 7. The van der Waals surface area contributed by atoms with Gasteiger partial charge in [-0.15, -0.1) is 0 Å². The largest absolute Gasteiger partial charge is 0.491 e. The van der Waals surface area contributed by atoms with Crippen LogP contribution in [0.1, 0.15) is 24.5 Å². The predicted octanol–water partition coefficient (Wildman–Crippen LogP) is 2.79. The molecule has 0 fully saturated rings. The number of alkyl halides is 3. The summed E-state index contributed by atoms with van der Waals surface area (Å²) in [4.78, 5) is 0. The number of amidine groups is 1. The summed E-state index contributed by atoms with van der Waals surface area (Å²) in [5, 5.41) is 7.16. The molecule has 7 heteroatoms. The molecule has 0 aliphatic rings. The van der Waals surface area contributed by atoms with Crippen molar-refractivity contribution >= 4 is 5.84 Å². The highest BCUT2D eigenvalue weighted by Gasteiger charge is 2.34. The first-order chi connectivity index (χ1) is 9.36. The van der Waals surface area contributed by atoms with E-state index in [-0.39, 0.29) is 17.9 Å². The molecule has 0 radical (unpaired) electrons. The van der Waals surface area contributed by atoms with Crippen molar-refractivity contribution in [3.8, 4) is 5.75 Å². The second-order valence-electron chi connectivity index (χ2n) is 4.08. The quantitative estimate of drug-likeness (QED) is 0.461. The summed E-state index contributed by atoms with van der Waals surface area (Å²) in [6.07, 6.45) is -3.72. The Balaban J connectivity index is 2.77. The van der Waals surface area contributed by atoms with Crippen LogP contribution in [0.2, 0.25) is 0 Å². The van der Waals surface area contributed by atoms with Crippen molar-refractivity contribution in [3.63, 3.8) is 0 Å². The second kappa shape index (κ2) is 7.14. The molecule has 20 heavy (non-hydrogen) atoms. The number of benzene rings is 1. The van der Waals surface area contributed by atoms with E-state index in [9.17, 15) is 13.2 Å². The summed E-state index contributed by atoms with van der Waals surface area (Å²) in [7, 11) is 0. The van der Waals surface area contributed by atoms with Gasteiger partial charge in [0.15, 0.2) is 0 Å². The number of nitrogens with one attached hydrogen (secondary N) is 1. The van der Waals surface area contributed by atoms with E-state index in [2.05, 4.69) is 0 Å². The topological polar surface area (TPSA) is 68.3 Å². The minimum absolute atomic E-state index is 0.0717. The normalized spacial score (nSPS) is 11.4. The Morgan fingerprint density at radius 2 is 1.95 bits per heavy atom. The van der Waals surface area contributed by atoms with Gasteiger partial charge in [0.1, 0.15) is 18.2 Å². The van der Waals surface area contributed by atoms with Crippen molar-refractivity contribution in [2.45, 2.75) is 19.5 Å². The molecule has 0 amide bonds. The van der Waals surface area contributed by atoms with Crippen molar-refractivity contribution < 1.29 is 22.6 Å². The molecule has 1 rings (SSSR count). The molecule has 4 nitrogen and oxygen atoms in total. The highest BCUT2D eigenvalue weighted by molar-refractivity contribution is 5.96. The molecular weight excluding hydrogens is 273 g/mol. The summed E-state index contributed by atoms with van der Waals surface area (Å²) >= 11 is 0. The molecule has 0 saturated heterocycles. The SMILES string of the molecule is CCCOCCOc1ccc(C(=N)N)c(C(F)(F)F)c1. The second-order valence-corrected chi connectivity index (χ2v) is 4.08. The number of halogens is 3. The van der Waals surface area contributed by atoms with Gasteiger partial charge < -0.3 is 15.2 Å². The third kappa shape index (κ3) is 4.73. The van der Waals surface area contributed by atoms with Crippen LogP contribution >= 0.6 is 0 Å². The summed E-state index contributed by atoms with van der Waals surface area (Å²) in [6, 6.07) is 3.33. The standard InChI is InChI=1S/C13H17F3N2O2/c1-2-5-19-6-7-20-9-3-4-10(12(17)18)11(8-9)13(14,15)16/h3-4,8H,2,5-7H2,1H3,(H3,17,18). The lowest BCUT2D eigenvalue weighted by atomic mass is 10.1. The fraction of sp³-hybridized carbons (Fsp3) is 0.462. The van der Waals surface area contributed by atoms with Gasteiger partial charge in [-0.25, -0.2) is 0 Å². The highest BCUT2D eigenvalue weighted by atomic mass is 19.4. The molecule has 1 aromatic carbocycles. The molecule has 0 heterocycles. The minimum Gasteiger partial charge on any atom is -0.491 e. The third-order valence-corrected chi connectivity index (χ3v) is 2.43. The summed E-state index contributed by atoms with van der Waals surface area (Å²) in [6.45, 7) is 3.01. The van der Waals surface area contributed by atoms with E-state index in [1.165, 1.54) is 6.07 Å². The Labute approximate surface area is 115 Å². The van der Waals surface area contributed by atoms with Crippen LogP contribution in [0.15, 0.2) is 18.2 Å².